The molecule has 0 aromatic heterocycles. The lowest BCUT2D eigenvalue weighted by molar-refractivity contribution is 0.466. The van der Waals surface area contributed by atoms with Crippen LogP contribution in [0.4, 0.5) is 0 Å². The first-order chi connectivity index (χ1) is 9.72. The van der Waals surface area contributed by atoms with E-state index in [1.54, 1.807) is 0 Å². The lowest BCUT2D eigenvalue weighted by atomic mass is 9.88. The van der Waals surface area contributed by atoms with Crippen LogP contribution in [0.5, 0.6) is 0 Å². The molecule has 0 aliphatic carbocycles. The van der Waals surface area contributed by atoms with Crippen LogP contribution < -0.4 is 5.32 Å². The molecule has 20 heavy (non-hydrogen) atoms. The predicted molar refractivity (Wildman–Crippen MR) is 90.0 cm³/mol. The summed E-state index contributed by atoms with van der Waals surface area (Å²) in [5.74, 6) is 0.448. The van der Waals surface area contributed by atoms with Gasteiger partial charge in [0.1, 0.15) is 0 Å². The molecule has 0 fully saturated rings. The number of hydrogen-bond donors (Lipinski definition) is 1. The van der Waals surface area contributed by atoms with Crippen molar-refractivity contribution in [1.82, 2.24) is 5.32 Å². The summed E-state index contributed by atoms with van der Waals surface area (Å²) < 4.78 is 1.13. The minimum atomic E-state index is 0.352. The van der Waals surface area contributed by atoms with E-state index in [1.165, 1.54) is 11.1 Å². The van der Waals surface area contributed by atoms with E-state index in [1.807, 2.05) is 0 Å². The standard InChI is InChI=1S/C18H22BrN/c1-3-13-20-18(16-9-11-17(19)12-10-16)14(2)15-7-5-4-6-8-15/h4-12,14,18,20H,3,13H2,1-2H3. The molecule has 0 aliphatic rings. The Morgan fingerprint density at radius 3 is 2.20 bits per heavy atom. The highest BCUT2D eigenvalue weighted by molar-refractivity contribution is 9.10. The Kier molecular flexibility index (Phi) is 5.81. The first-order valence-corrected chi connectivity index (χ1v) is 8.05. The van der Waals surface area contributed by atoms with Crippen LogP contribution in [0.2, 0.25) is 0 Å². The van der Waals surface area contributed by atoms with Gasteiger partial charge in [0, 0.05) is 16.4 Å². The molecular formula is C18H22BrN. The predicted octanol–water partition coefficient (Wildman–Crippen LogP) is 5.29. The molecular weight excluding hydrogens is 310 g/mol. The van der Waals surface area contributed by atoms with Crippen LogP contribution in [0.3, 0.4) is 0 Å². The monoisotopic (exact) mass is 331 g/mol. The fraction of sp³-hybridized carbons (Fsp3) is 0.333. The van der Waals surface area contributed by atoms with Crippen molar-refractivity contribution in [3.63, 3.8) is 0 Å². The van der Waals surface area contributed by atoms with Crippen LogP contribution in [-0.2, 0) is 0 Å². The van der Waals surface area contributed by atoms with Gasteiger partial charge in [-0.1, -0.05) is 72.2 Å². The van der Waals surface area contributed by atoms with Gasteiger partial charge in [-0.2, -0.15) is 0 Å². The lowest BCUT2D eigenvalue weighted by Gasteiger charge is -2.26. The lowest BCUT2D eigenvalue weighted by Crippen LogP contribution is -2.26. The smallest absolute Gasteiger partial charge is 0.0386 e. The third-order valence-electron chi connectivity index (χ3n) is 3.67. The second-order valence-corrected chi connectivity index (χ2v) is 6.10. The van der Waals surface area contributed by atoms with Crippen molar-refractivity contribution < 1.29 is 0 Å². The van der Waals surface area contributed by atoms with Crippen LogP contribution in [0, 0.1) is 0 Å². The summed E-state index contributed by atoms with van der Waals surface area (Å²) >= 11 is 3.51. The molecule has 1 nitrogen and oxygen atoms in total. The third kappa shape index (κ3) is 3.94. The molecule has 1 N–H and O–H groups in total. The SMILES string of the molecule is CCCNC(c1ccc(Br)cc1)C(C)c1ccccc1. The summed E-state index contributed by atoms with van der Waals surface area (Å²) in [6.45, 7) is 5.54. The number of hydrogen-bond acceptors (Lipinski definition) is 1. The Morgan fingerprint density at radius 1 is 0.950 bits per heavy atom. The minimum Gasteiger partial charge on any atom is -0.309 e. The minimum absolute atomic E-state index is 0.352. The molecule has 0 heterocycles. The molecule has 2 aromatic rings. The maximum absolute atomic E-state index is 3.69. The molecule has 2 atom stereocenters. The summed E-state index contributed by atoms with van der Waals surface area (Å²) in [5, 5.41) is 3.69. The maximum atomic E-state index is 3.69. The van der Waals surface area contributed by atoms with Crippen LogP contribution in [-0.4, -0.2) is 6.54 Å². The second-order valence-electron chi connectivity index (χ2n) is 5.18. The summed E-state index contributed by atoms with van der Waals surface area (Å²) in [6.07, 6.45) is 1.15. The van der Waals surface area contributed by atoms with Crippen molar-refractivity contribution in [1.29, 1.82) is 0 Å². The molecule has 0 saturated heterocycles. The van der Waals surface area contributed by atoms with Crippen molar-refractivity contribution in [3.05, 3.63) is 70.2 Å². The summed E-state index contributed by atoms with van der Waals surface area (Å²) in [4.78, 5) is 0. The summed E-state index contributed by atoms with van der Waals surface area (Å²) in [5.41, 5.74) is 2.72. The number of nitrogens with one attached hydrogen (secondary N) is 1. The van der Waals surface area contributed by atoms with Gasteiger partial charge in [-0.3, -0.25) is 0 Å². The van der Waals surface area contributed by atoms with E-state index in [0.29, 0.717) is 12.0 Å². The van der Waals surface area contributed by atoms with Gasteiger partial charge in [0.15, 0.2) is 0 Å². The van der Waals surface area contributed by atoms with E-state index >= 15 is 0 Å². The Morgan fingerprint density at radius 2 is 1.60 bits per heavy atom. The van der Waals surface area contributed by atoms with Gasteiger partial charge in [0.25, 0.3) is 0 Å². The van der Waals surface area contributed by atoms with Crippen LogP contribution >= 0.6 is 15.9 Å². The molecule has 2 rings (SSSR count). The highest BCUT2D eigenvalue weighted by atomic mass is 79.9. The molecule has 0 bridgehead atoms. The fourth-order valence-corrected chi connectivity index (χ4v) is 2.77. The molecule has 0 aliphatic heterocycles. The zero-order valence-corrected chi connectivity index (χ0v) is 13.7. The largest absolute Gasteiger partial charge is 0.309 e. The van der Waals surface area contributed by atoms with Crippen LogP contribution in [0.25, 0.3) is 0 Å². The van der Waals surface area contributed by atoms with Crippen molar-refractivity contribution in [2.75, 3.05) is 6.54 Å². The highest BCUT2D eigenvalue weighted by Crippen LogP contribution is 2.31. The number of halogens is 1. The van der Waals surface area contributed by atoms with E-state index in [9.17, 15) is 0 Å². The summed E-state index contributed by atoms with van der Waals surface area (Å²) in [7, 11) is 0. The van der Waals surface area contributed by atoms with Crippen molar-refractivity contribution in [2.24, 2.45) is 0 Å². The van der Waals surface area contributed by atoms with Crippen LogP contribution in [0.1, 0.15) is 43.4 Å². The van der Waals surface area contributed by atoms with Crippen molar-refractivity contribution in [2.45, 2.75) is 32.2 Å². The highest BCUT2D eigenvalue weighted by Gasteiger charge is 2.19. The molecule has 2 unspecified atom stereocenters. The zero-order chi connectivity index (χ0) is 14.4. The first kappa shape index (κ1) is 15.3. The van der Waals surface area contributed by atoms with Crippen LogP contribution in [0.15, 0.2) is 59.1 Å². The topological polar surface area (TPSA) is 12.0 Å². The number of benzene rings is 2. The van der Waals surface area contributed by atoms with E-state index in [2.05, 4.69) is 89.7 Å². The van der Waals surface area contributed by atoms with E-state index < -0.39 is 0 Å². The Balaban J connectivity index is 2.25. The third-order valence-corrected chi connectivity index (χ3v) is 4.20. The molecule has 2 heteroatoms. The molecule has 2 aromatic carbocycles. The fourth-order valence-electron chi connectivity index (χ4n) is 2.50. The van der Waals surface area contributed by atoms with Crippen molar-refractivity contribution in [3.8, 4) is 0 Å². The van der Waals surface area contributed by atoms with Gasteiger partial charge in [0.05, 0.1) is 0 Å². The molecule has 106 valence electrons. The van der Waals surface area contributed by atoms with Crippen molar-refractivity contribution >= 4 is 15.9 Å². The first-order valence-electron chi connectivity index (χ1n) is 7.26. The molecule has 0 saturated carbocycles. The van der Waals surface area contributed by atoms with Gasteiger partial charge >= 0.3 is 0 Å². The van der Waals surface area contributed by atoms with Gasteiger partial charge in [-0.05, 0) is 36.2 Å². The molecule has 0 amide bonds. The van der Waals surface area contributed by atoms with Gasteiger partial charge < -0.3 is 5.32 Å². The average Bonchev–Trinajstić information content (AvgIpc) is 2.50. The van der Waals surface area contributed by atoms with E-state index in [0.717, 1.165) is 17.4 Å². The van der Waals surface area contributed by atoms with Gasteiger partial charge in [0.2, 0.25) is 0 Å². The molecule has 0 spiro atoms. The van der Waals surface area contributed by atoms with Gasteiger partial charge in [-0.15, -0.1) is 0 Å². The van der Waals surface area contributed by atoms with E-state index in [4.69, 9.17) is 0 Å². The normalized spacial score (nSPS) is 13.9. The Labute approximate surface area is 130 Å². The maximum Gasteiger partial charge on any atom is 0.0386 e. The summed E-state index contributed by atoms with van der Waals surface area (Å²) in [6, 6.07) is 19.7. The number of rotatable bonds is 6. The van der Waals surface area contributed by atoms with Gasteiger partial charge in [-0.25, -0.2) is 0 Å². The second kappa shape index (κ2) is 7.61. The van der Waals surface area contributed by atoms with E-state index in [-0.39, 0.29) is 0 Å². The average molecular weight is 332 g/mol. The quantitative estimate of drug-likeness (QED) is 0.757. The molecule has 0 radical (unpaired) electrons. The Bertz CT molecular complexity index is 507. The zero-order valence-electron chi connectivity index (χ0n) is 12.1. The Hall–Kier alpha value is -1.12.